The molecule has 88 valence electrons. The molecule has 0 atom stereocenters. The summed E-state index contributed by atoms with van der Waals surface area (Å²) in [4.78, 5) is 8.04. The van der Waals surface area contributed by atoms with E-state index in [0.29, 0.717) is 10.5 Å². The molecule has 1 aromatic heterocycles. The molecule has 0 saturated heterocycles. The summed E-state index contributed by atoms with van der Waals surface area (Å²) in [6.45, 7) is 6.17. The fourth-order valence-corrected chi connectivity index (χ4v) is 1.88. The molecule has 0 radical (unpaired) electrons. The molecular weight excluding hydrogens is 280 g/mol. The van der Waals surface area contributed by atoms with Crippen LogP contribution in [0.15, 0.2) is 29.1 Å². The molecule has 17 heavy (non-hydrogen) atoms. The third-order valence-corrected chi connectivity index (χ3v) is 3.02. The molecule has 3 nitrogen and oxygen atoms in total. The minimum Gasteiger partial charge on any atom is -0.439 e. The van der Waals surface area contributed by atoms with Gasteiger partial charge in [-0.25, -0.2) is 9.97 Å². The van der Waals surface area contributed by atoms with E-state index in [1.54, 1.807) is 6.07 Å². The number of nitrogens with zero attached hydrogens (tertiary/aromatic N) is 2. The highest BCUT2D eigenvalue weighted by Gasteiger charge is 2.06. The van der Waals surface area contributed by atoms with Crippen molar-refractivity contribution in [3.05, 3.63) is 45.8 Å². The van der Waals surface area contributed by atoms with Crippen LogP contribution in [0.2, 0.25) is 0 Å². The van der Waals surface area contributed by atoms with Crippen LogP contribution in [0.1, 0.15) is 16.7 Å². The minimum absolute atomic E-state index is 0.542. The third kappa shape index (κ3) is 2.82. The zero-order valence-corrected chi connectivity index (χ0v) is 11.6. The van der Waals surface area contributed by atoms with Crippen molar-refractivity contribution in [2.45, 2.75) is 20.8 Å². The summed E-state index contributed by atoms with van der Waals surface area (Å²) in [6.07, 6.45) is 1.47. The van der Waals surface area contributed by atoms with Crippen LogP contribution in [0.5, 0.6) is 11.6 Å². The van der Waals surface area contributed by atoms with Gasteiger partial charge in [-0.05, 0) is 59.5 Å². The van der Waals surface area contributed by atoms with Crippen molar-refractivity contribution < 1.29 is 4.74 Å². The minimum atomic E-state index is 0.542. The molecule has 4 heteroatoms. The van der Waals surface area contributed by atoms with Crippen LogP contribution >= 0.6 is 15.9 Å². The second-order valence-corrected chi connectivity index (χ2v) is 4.80. The Labute approximate surface area is 109 Å². The number of aryl methyl sites for hydroxylation is 2. The Morgan fingerprint density at radius 1 is 1.06 bits per heavy atom. The molecule has 0 amide bonds. The summed E-state index contributed by atoms with van der Waals surface area (Å²) in [5.74, 6) is 1.38. The number of hydrogen-bond acceptors (Lipinski definition) is 3. The zero-order valence-electron chi connectivity index (χ0n) is 9.99. The average molecular weight is 293 g/mol. The number of halogens is 1. The Hall–Kier alpha value is -1.42. The van der Waals surface area contributed by atoms with E-state index in [9.17, 15) is 0 Å². The van der Waals surface area contributed by atoms with Crippen LogP contribution < -0.4 is 4.74 Å². The lowest BCUT2D eigenvalue weighted by Gasteiger charge is -2.11. The van der Waals surface area contributed by atoms with Crippen LogP contribution in [0.4, 0.5) is 0 Å². The van der Waals surface area contributed by atoms with Gasteiger partial charge in [0, 0.05) is 6.07 Å². The highest BCUT2D eigenvalue weighted by Crippen LogP contribution is 2.27. The first-order valence-corrected chi connectivity index (χ1v) is 6.09. The van der Waals surface area contributed by atoms with Crippen LogP contribution in [-0.4, -0.2) is 9.97 Å². The van der Waals surface area contributed by atoms with Crippen molar-refractivity contribution in [2.75, 3.05) is 0 Å². The molecule has 2 aromatic rings. The topological polar surface area (TPSA) is 35.0 Å². The van der Waals surface area contributed by atoms with E-state index in [4.69, 9.17) is 4.74 Å². The molecule has 1 heterocycles. The molecule has 0 saturated carbocycles. The number of ether oxygens (including phenoxy) is 1. The van der Waals surface area contributed by atoms with Gasteiger partial charge >= 0.3 is 0 Å². The van der Waals surface area contributed by atoms with Crippen molar-refractivity contribution in [1.82, 2.24) is 9.97 Å². The predicted octanol–water partition coefficient (Wildman–Crippen LogP) is 3.96. The quantitative estimate of drug-likeness (QED) is 0.786. The van der Waals surface area contributed by atoms with Crippen molar-refractivity contribution >= 4 is 15.9 Å². The summed E-state index contributed by atoms with van der Waals surface area (Å²) in [6, 6.07) is 5.90. The Kier molecular flexibility index (Phi) is 3.43. The Morgan fingerprint density at radius 3 is 2.53 bits per heavy atom. The van der Waals surface area contributed by atoms with Crippen molar-refractivity contribution in [1.29, 1.82) is 0 Å². The molecule has 2 rings (SSSR count). The van der Waals surface area contributed by atoms with Crippen LogP contribution in [-0.2, 0) is 0 Å². The standard InChI is InChI=1S/C13H13BrN2O/c1-8-4-9(2)10(3)11(5-8)17-13-6-12(14)15-7-16-13/h4-7H,1-3H3. The summed E-state index contributed by atoms with van der Waals surface area (Å²) in [5, 5.41) is 0. The Bertz CT molecular complexity index is 555. The summed E-state index contributed by atoms with van der Waals surface area (Å²) >= 11 is 3.29. The van der Waals surface area contributed by atoms with Crippen LogP contribution in [0, 0.1) is 20.8 Å². The van der Waals surface area contributed by atoms with Gasteiger partial charge in [-0.1, -0.05) is 6.07 Å². The van der Waals surface area contributed by atoms with Crippen molar-refractivity contribution in [3.63, 3.8) is 0 Å². The first-order chi connectivity index (χ1) is 8.06. The lowest BCUT2D eigenvalue weighted by Crippen LogP contribution is -1.94. The molecule has 0 aliphatic heterocycles. The van der Waals surface area contributed by atoms with Crippen molar-refractivity contribution in [3.8, 4) is 11.6 Å². The smallest absolute Gasteiger partial charge is 0.223 e. The molecule has 1 aromatic carbocycles. The third-order valence-electron chi connectivity index (χ3n) is 2.59. The predicted molar refractivity (Wildman–Crippen MR) is 70.5 cm³/mol. The van der Waals surface area contributed by atoms with Gasteiger partial charge in [0.15, 0.2) is 0 Å². The largest absolute Gasteiger partial charge is 0.439 e. The fourth-order valence-electron chi connectivity index (χ4n) is 1.59. The Balaban J connectivity index is 2.36. The number of benzene rings is 1. The lowest BCUT2D eigenvalue weighted by molar-refractivity contribution is 0.456. The summed E-state index contributed by atoms with van der Waals surface area (Å²) < 4.78 is 6.48. The average Bonchev–Trinajstić information content (AvgIpc) is 2.25. The van der Waals surface area contributed by atoms with E-state index in [0.717, 1.165) is 11.3 Å². The maximum absolute atomic E-state index is 5.77. The van der Waals surface area contributed by atoms with E-state index < -0.39 is 0 Å². The molecule has 0 spiro atoms. The molecule has 0 fully saturated rings. The summed E-state index contributed by atoms with van der Waals surface area (Å²) in [7, 11) is 0. The van der Waals surface area contributed by atoms with Crippen molar-refractivity contribution in [2.24, 2.45) is 0 Å². The maximum Gasteiger partial charge on any atom is 0.223 e. The molecule has 0 bridgehead atoms. The van der Waals surface area contributed by atoms with Gasteiger partial charge in [0.1, 0.15) is 16.7 Å². The van der Waals surface area contributed by atoms with E-state index in [-0.39, 0.29) is 0 Å². The lowest BCUT2D eigenvalue weighted by atomic mass is 10.1. The Morgan fingerprint density at radius 2 is 1.82 bits per heavy atom. The molecule has 0 aliphatic carbocycles. The highest BCUT2D eigenvalue weighted by molar-refractivity contribution is 9.10. The van der Waals surface area contributed by atoms with Gasteiger partial charge in [-0.3, -0.25) is 0 Å². The van der Waals surface area contributed by atoms with E-state index in [1.807, 2.05) is 13.0 Å². The van der Waals surface area contributed by atoms with E-state index in [1.165, 1.54) is 17.5 Å². The van der Waals surface area contributed by atoms with Gasteiger partial charge < -0.3 is 4.74 Å². The summed E-state index contributed by atoms with van der Waals surface area (Å²) in [5.41, 5.74) is 3.52. The first-order valence-electron chi connectivity index (χ1n) is 5.29. The normalized spacial score (nSPS) is 10.4. The second-order valence-electron chi connectivity index (χ2n) is 3.99. The maximum atomic E-state index is 5.77. The van der Waals surface area contributed by atoms with Gasteiger partial charge in [0.25, 0.3) is 0 Å². The number of hydrogen-bond donors (Lipinski definition) is 0. The highest BCUT2D eigenvalue weighted by atomic mass is 79.9. The van der Waals surface area contributed by atoms with Gasteiger partial charge in [0.2, 0.25) is 5.88 Å². The SMILES string of the molecule is Cc1cc(C)c(C)c(Oc2cc(Br)ncn2)c1. The molecule has 0 unspecified atom stereocenters. The number of aromatic nitrogens is 2. The molecular formula is C13H13BrN2O. The van der Waals surface area contributed by atoms with Crippen LogP contribution in [0.25, 0.3) is 0 Å². The second kappa shape index (κ2) is 4.84. The van der Waals surface area contributed by atoms with Gasteiger partial charge in [0.05, 0.1) is 0 Å². The monoisotopic (exact) mass is 292 g/mol. The van der Waals surface area contributed by atoms with Gasteiger partial charge in [-0.15, -0.1) is 0 Å². The van der Waals surface area contributed by atoms with E-state index >= 15 is 0 Å². The molecule has 0 N–H and O–H groups in total. The first kappa shape index (κ1) is 12.0. The van der Waals surface area contributed by atoms with Gasteiger partial charge in [-0.2, -0.15) is 0 Å². The number of rotatable bonds is 2. The van der Waals surface area contributed by atoms with Crippen LogP contribution in [0.3, 0.4) is 0 Å². The molecule has 0 aliphatic rings. The zero-order chi connectivity index (χ0) is 12.4. The fraction of sp³-hybridized carbons (Fsp3) is 0.231. The van der Waals surface area contributed by atoms with E-state index in [2.05, 4.69) is 45.8 Å².